The van der Waals surface area contributed by atoms with Crippen molar-refractivity contribution in [3.63, 3.8) is 0 Å². The van der Waals surface area contributed by atoms with Gasteiger partial charge in [-0.1, -0.05) is 13.3 Å². The minimum absolute atomic E-state index is 0.280. The van der Waals surface area contributed by atoms with Crippen molar-refractivity contribution in [1.29, 1.82) is 0 Å². The van der Waals surface area contributed by atoms with Crippen molar-refractivity contribution in [2.45, 2.75) is 19.8 Å². The molecule has 0 atom stereocenters. The van der Waals surface area contributed by atoms with Crippen molar-refractivity contribution in [2.24, 2.45) is 5.84 Å². The lowest BCUT2D eigenvalue weighted by atomic mass is 10.3. The zero-order valence-electron chi connectivity index (χ0n) is 7.05. The van der Waals surface area contributed by atoms with Crippen LogP contribution in [0.1, 0.15) is 29.5 Å². The molecule has 0 bridgehead atoms. The van der Waals surface area contributed by atoms with Crippen LogP contribution in [-0.4, -0.2) is 10.9 Å². The van der Waals surface area contributed by atoms with Crippen LogP contribution in [0.3, 0.4) is 0 Å². The summed E-state index contributed by atoms with van der Waals surface area (Å²) >= 11 is 0. The molecule has 0 aromatic carbocycles. The van der Waals surface area contributed by atoms with E-state index in [1.165, 1.54) is 0 Å². The topological polar surface area (TPSA) is 70.9 Å². The van der Waals surface area contributed by atoms with Crippen molar-refractivity contribution in [2.75, 3.05) is 0 Å². The summed E-state index contributed by atoms with van der Waals surface area (Å²) < 4.78 is 0. The van der Waals surface area contributed by atoms with Gasteiger partial charge in [-0.15, -0.1) is 0 Å². The molecule has 12 heavy (non-hydrogen) atoms. The van der Waals surface area contributed by atoms with Gasteiger partial charge >= 0.3 is 0 Å². The van der Waals surface area contributed by atoms with E-state index in [-0.39, 0.29) is 5.91 Å². The second kappa shape index (κ2) is 3.92. The highest BCUT2D eigenvalue weighted by Gasteiger charge is 2.04. The number of aromatic amines is 1. The van der Waals surface area contributed by atoms with Crippen LogP contribution >= 0.6 is 0 Å². The van der Waals surface area contributed by atoms with Crippen LogP contribution in [0.2, 0.25) is 0 Å². The number of rotatable bonds is 3. The van der Waals surface area contributed by atoms with Crippen LogP contribution in [0.4, 0.5) is 0 Å². The summed E-state index contributed by atoms with van der Waals surface area (Å²) in [7, 11) is 0. The fourth-order valence-corrected chi connectivity index (χ4v) is 1.07. The van der Waals surface area contributed by atoms with Crippen LogP contribution in [0.15, 0.2) is 12.1 Å². The van der Waals surface area contributed by atoms with Crippen molar-refractivity contribution < 1.29 is 4.79 Å². The maximum absolute atomic E-state index is 11.0. The van der Waals surface area contributed by atoms with E-state index in [0.29, 0.717) is 5.69 Å². The highest BCUT2D eigenvalue weighted by Crippen LogP contribution is 2.03. The van der Waals surface area contributed by atoms with E-state index in [2.05, 4.69) is 17.3 Å². The summed E-state index contributed by atoms with van der Waals surface area (Å²) in [6, 6.07) is 3.63. The smallest absolute Gasteiger partial charge is 0.281 e. The Morgan fingerprint density at radius 2 is 2.42 bits per heavy atom. The van der Waals surface area contributed by atoms with E-state index >= 15 is 0 Å². The Morgan fingerprint density at radius 3 is 3.00 bits per heavy atom. The number of hydrogen-bond acceptors (Lipinski definition) is 2. The fraction of sp³-hybridized carbons (Fsp3) is 0.375. The number of H-pyrrole nitrogens is 1. The maximum atomic E-state index is 11.0. The van der Waals surface area contributed by atoms with Gasteiger partial charge in [0, 0.05) is 5.69 Å². The molecule has 0 radical (unpaired) electrons. The predicted molar refractivity (Wildman–Crippen MR) is 46.4 cm³/mol. The molecule has 0 aliphatic heterocycles. The summed E-state index contributed by atoms with van der Waals surface area (Å²) in [5.74, 6) is 4.69. The highest BCUT2D eigenvalue weighted by molar-refractivity contribution is 5.91. The van der Waals surface area contributed by atoms with E-state index in [4.69, 9.17) is 5.84 Å². The lowest BCUT2D eigenvalue weighted by Gasteiger charge is -1.94. The Bertz CT molecular complexity index is 267. The second-order valence-electron chi connectivity index (χ2n) is 2.62. The Morgan fingerprint density at radius 1 is 1.67 bits per heavy atom. The molecular weight excluding hydrogens is 154 g/mol. The van der Waals surface area contributed by atoms with Crippen LogP contribution in [0.5, 0.6) is 0 Å². The van der Waals surface area contributed by atoms with Crippen molar-refractivity contribution >= 4 is 5.91 Å². The molecule has 0 spiro atoms. The Kier molecular flexibility index (Phi) is 2.88. The van der Waals surface area contributed by atoms with Gasteiger partial charge < -0.3 is 4.98 Å². The third-order valence-corrected chi connectivity index (χ3v) is 1.64. The summed E-state index contributed by atoms with van der Waals surface area (Å²) in [5, 5.41) is 0. The number of carbonyl (C=O) groups is 1. The van der Waals surface area contributed by atoms with Crippen molar-refractivity contribution in [3.05, 3.63) is 23.5 Å². The molecule has 66 valence electrons. The summed E-state index contributed by atoms with van der Waals surface area (Å²) in [4.78, 5) is 13.9. The molecule has 4 heteroatoms. The number of nitrogens with one attached hydrogen (secondary N) is 2. The fourth-order valence-electron chi connectivity index (χ4n) is 1.07. The molecule has 1 aromatic rings. The van der Waals surface area contributed by atoms with Gasteiger partial charge in [0.1, 0.15) is 5.69 Å². The minimum atomic E-state index is -0.280. The molecule has 0 unspecified atom stereocenters. The predicted octanol–water partition coefficient (Wildman–Crippen LogP) is 0.571. The monoisotopic (exact) mass is 167 g/mol. The maximum Gasteiger partial charge on any atom is 0.281 e. The molecule has 1 amide bonds. The Labute approximate surface area is 71.1 Å². The number of aryl methyl sites for hydroxylation is 1. The summed E-state index contributed by atoms with van der Waals surface area (Å²) in [6.07, 6.45) is 2.02. The van der Waals surface area contributed by atoms with Crippen LogP contribution in [-0.2, 0) is 6.42 Å². The zero-order valence-corrected chi connectivity index (χ0v) is 7.05. The van der Waals surface area contributed by atoms with Gasteiger partial charge in [0.05, 0.1) is 0 Å². The van der Waals surface area contributed by atoms with Crippen LogP contribution in [0, 0.1) is 0 Å². The first-order valence-corrected chi connectivity index (χ1v) is 3.96. The van der Waals surface area contributed by atoms with E-state index in [1.54, 1.807) is 6.07 Å². The van der Waals surface area contributed by atoms with Gasteiger partial charge in [-0.3, -0.25) is 10.2 Å². The third kappa shape index (κ3) is 1.85. The lowest BCUT2D eigenvalue weighted by Crippen LogP contribution is -2.30. The number of hydrogen-bond donors (Lipinski definition) is 3. The molecule has 0 saturated carbocycles. The van der Waals surface area contributed by atoms with Gasteiger partial charge in [-0.05, 0) is 18.6 Å². The normalized spacial score (nSPS) is 9.83. The first kappa shape index (κ1) is 8.80. The van der Waals surface area contributed by atoms with Gasteiger partial charge in [-0.2, -0.15) is 0 Å². The Hall–Kier alpha value is -1.29. The Balaban J connectivity index is 2.70. The molecule has 4 N–H and O–H groups in total. The molecule has 0 fully saturated rings. The molecule has 0 saturated heterocycles. The number of aromatic nitrogens is 1. The van der Waals surface area contributed by atoms with E-state index in [0.717, 1.165) is 18.5 Å². The average Bonchev–Trinajstić information content (AvgIpc) is 2.52. The molecule has 1 aromatic heterocycles. The minimum Gasteiger partial charge on any atom is -0.354 e. The highest BCUT2D eigenvalue weighted by atomic mass is 16.2. The van der Waals surface area contributed by atoms with Gasteiger partial charge in [-0.25, -0.2) is 5.84 Å². The van der Waals surface area contributed by atoms with Crippen molar-refractivity contribution in [3.8, 4) is 0 Å². The van der Waals surface area contributed by atoms with E-state index < -0.39 is 0 Å². The zero-order chi connectivity index (χ0) is 8.97. The first-order valence-electron chi connectivity index (χ1n) is 3.96. The third-order valence-electron chi connectivity index (χ3n) is 1.64. The van der Waals surface area contributed by atoms with Gasteiger partial charge in [0.25, 0.3) is 5.91 Å². The van der Waals surface area contributed by atoms with Crippen molar-refractivity contribution in [1.82, 2.24) is 10.4 Å². The largest absolute Gasteiger partial charge is 0.354 e. The van der Waals surface area contributed by atoms with Crippen LogP contribution < -0.4 is 11.3 Å². The van der Waals surface area contributed by atoms with Crippen LogP contribution in [0.25, 0.3) is 0 Å². The van der Waals surface area contributed by atoms with Gasteiger partial charge in [0.15, 0.2) is 0 Å². The molecule has 0 aliphatic rings. The van der Waals surface area contributed by atoms with Gasteiger partial charge in [0.2, 0.25) is 0 Å². The first-order chi connectivity index (χ1) is 5.77. The molecule has 1 rings (SSSR count). The SMILES string of the molecule is CCCc1ccc(C(=O)NN)[nH]1. The quantitative estimate of drug-likeness (QED) is 0.350. The number of nitrogens with two attached hydrogens (primary N) is 1. The number of carbonyl (C=O) groups excluding carboxylic acids is 1. The lowest BCUT2D eigenvalue weighted by molar-refractivity contribution is 0.0949. The number of hydrazine groups is 1. The molecule has 0 aliphatic carbocycles. The standard InChI is InChI=1S/C8H13N3O/c1-2-3-6-4-5-7(10-6)8(12)11-9/h4-5,10H,2-3,9H2,1H3,(H,11,12). The second-order valence-corrected chi connectivity index (χ2v) is 2.62. The van der Waals surface area contributed by atoms with E-state index in [9.17, 15) is 4.79 Å². The van der Waals surface area contributed by atoms with E-state index in [1.807, 2.05) is 6.07 Å². The molecular formula is C8H13N3O. The summed E-state index contributed by atoms with van der Waals surface area (Å²) in [5.41, 5.74) is 3.65. The molecule has 1 heterocycles. The molecule has 4 nitrogen and oxygen atoms in total. The summed E-state index contributed by atoms with van der Waals surface area (Å²) in [6.45, 7) is 2.09. The number of amides is 1. The number of nitrogen functional groups attached to an aromatic ring is 1. The average molecular weight is 167 g/mol.